The third kappa shape index (κ3) is 8.41. The number of carbonyl (C=O) groups is 3. The van der Waals surface area contributed by atoms with Gasteiger partial charge in [-0.3, -0.25) is 14.6 Å². The number of aliphatic carboxylic acids is 1. The van der Waals surface area contributed by atoms with Crippen LogP contribution >= 0.6 is 34.7 Å². The number of hydrogen-bond acceptors (Lipinski definition) is 7. The summed E-state index contributed by atoms with van der Waals surface area (Å²) in [6.07, 6.45) is -0.755. The van der Waals surface area contributed by atoms with Gasteiger partial charge in [0.15, 0.2) is 5.17 Å². The number of thioether (sulfide) groups is 1. The van der Waals surface area contributed by atoms with E-state index in [-0.39, 0.29) is 11.8 Å². The molecule has 0 radical (unpaired) electrons. The fraction of sp³-hybridized carbons (Fsp3) is 0.107. The van der Waals surface area contributed by atoms with Crippen LogP contribution in [-0.4, -0.2) is 45.8 Å². The first-order valence-corrected chi connectivity index (χ1v) is 14.1. The second-order valence-electron chi connectivity index (χ2n) is 8.50. The van der Waals surface area contributed by atoms with Crippen LogP contribution < -0.4 is 10.6 Å². The number of nitrogens with zero attached hydrogens (tertiary/aromatic N) is 2. The summed E-state index contributed by atoms with van der Waals surface area (Å²) >= 11 is 9.24. The summed E-state index contributed by atoms with van der Waals surface area (Å²) in [6, 6.07) is 18.7. The predicted octanol–water partition coefficient (Wildman–Crippen LogP) is 6.64. The number of aliphatic imine (C=N–C) groups is 1. The molecule has 2 aromatic carbocycles. The van der Waals surface area contributed by atoms with Crippen molar-refractivity contribution in [3.05, 3.63) is 98.2 Å². The zero-order chi connectivity index (χ0) is 30.3. The van der Waals surface area contributed by atoms with E-state index >= 15 is 0 Å². The minimum atomic E-state index is -5.08. The van der Waals surface area contributed by atoms with E-state index in [0.29, 0.717) is 32.9 Å². The number of rotatable bonds is 6. The fourth-order valence-electron chi connectivity index (χ4n) is 3.53. The maximum Gasteiger partial charge on any atom is 0.490 e. The molecule has 216 valence electrons. The Kier molecular flexibility index (Phi) is 9.99. The highest BCUT2D eigenvalue weighted by Gasteiger charge is 2.38. The van der Waals surface area contributed by atoms with Crippen LogP contribution in [0.4, 0.5) is 18.9 Å². The number of carboxylic acid groups (broad SMARTS) is 1. The molecule has 3 heterocycles. The highest BCUT2D eigenvalue weighted by atomic mass is 35.5. The zero-order valence-corrected chi connectivity index (χ0v) is 23.7. The first-order chi connectivity index (χ1) is 20.0. The second kappa shape index (κ2) is 13.6. The Morgan fingerprint density at radius 1 is 1.07 bits per heavy atom. The summed E-state index contributed by atoms with van der Waals surface area (Å²) in [5, 5.41) is 17.0. The Bertz CT molecular complexity index is 1690. The van der Waals surface area contributed by atoms with Crippen LogP contribution in [0.25, 0.3) is 17.0 Å². The van der Waals surface area contributed by atoms with Crippen molar-refractivity contribution in [1.29, 1.82) is 0 Å². The van der Waals surface area contributed by atoms with Gasteiger partial charge in [0.2, 0.25) is 0 Å². The normalized spacial score (nSPS) is 13.9. The number of hydrogen-bond donors (Lipinski definition) is 3. The Hall–Kier alpha value is -4.20. The van der Waals surface area contributed by atoms with Crippen molar-refractivity contribution < 1.29 is 32.7 Å². The molecule has 0 saturated carbocycles. The monoisotopic (exact) mass is 632 g/mol. The molecule has 0 unspecified atom stereocenters. The van der Waals surface area contributed by atoms with Crippen LogP contribution in [0.15, 0.2) is 82.1 Å². The highest BCUT2D eigenvalue weighted by Crippen LogP contribution is 2.32. The number of pyridine rings is 1. The number of aromatic nitrogens is 1. The minimum absolute atomic E-state index is 0.190. The lowest BCUT2D eigenvalue weighted by molar-refractivity contribution is -0.192. The SMILES string of the molecule is O=C(O)C(F)(F)F.O=C1N=C(Nc2cc(C(=O)NCCc3cccs3)ccc2Cl)S/C1=C\c1ccc2ncccc2c1. The van der Waals surface area contributed by atoms with Crippen molar-refractivity contribution in [2.45, 2.75) is 12.6 Å². The number of carbonyl (C=O) groups excluding carboxylic acids is 2. The average molecular weight is 633 g/mol. The number of carboxylic acids is 1. The molecule has 0 saturated heterocycles. The Labute approximate surface area is 250 Å². The molecule has 8 nitrogen and oxygen atoms in total. The van der Waals surface area contributed by atoms with Crippen LogP contribution in [0.5, 0.6) is 0 Å². The molecule has 42 heavy (non-hydrogen) atoms. The van der Waals surface area contributed by atoms with E-state index in [1.807, 2.05) is 47.8 Å². The van der Waals surface area contributed by atoms with Crippen molar-refractivity contribution >= 4 is 80.3 Å². The molecule has 0 fully saturated rings. The molecule has 5 rings (SSSR count). The molecule has 0 spiro atoms. The van der Waals surface area contributed by atoms with Crippen LogP contribution in [0.2, 0.25) is 5.02 Å². The van der Waals surface area contributed by atoms with E-state index in [1.54, 1.807) is 41.8 Å². The van der Waals surface area contributed by atoms with Gasteiger partial charge in [-0.25, -0.2) is 4.79 Å². The number of halogens is 4. The average Bonchev–Trinajstić information content (AvgIpc) is 3.59. The van der Waals surface area contributed by atoms with Crippen LogP contribution in [0.1, 0.15) is 20.8 Å². The number of amides is 2. The van der Waals surface area contributed by atoms with Crippen molar-refractivity contribution in [1.82, 2.24) is 10.3 Å². The molecule has 4 aromatic rings. The Morgan fingerprint density at radius 2 is 1.86 bits per heavy atom. The molecule has 0 bridgehead atoms. The molecule has 2 amide bonds. The predicted molar refractivity (Wildman–Crippen MR) is 159 cm³/mol. The third-order valence-electron chi connectivity index (χ3n) is 5.50. The van der Waals surface area contributed by atoms with E-state index in [4.69, 9.17) is 21.5 Å². The van der Waals surface area contributed by atoms with E-state index in [0.717, 1.165) is 22.9 Å². The summed E-state index contributed by atoms with van der Waals surface area (Å²) in [5.41, 5.74) is 2.76. The van der Waals surface area contributed by atoms with Gasteiger partial charge in [0.1, 0.15) is 0 Å². The second-order valence-corrected chi connectivity index (χ2v) is 11.0. The van der Waals surface area contributed by atoms with Gasteiger partial charge in [0.25, 0.3) is 11.8 Å². The van der Waals surface area contributed by atoms with E-state index in [9.17, 15) is 22.8 Å². The van der Waals surface area contributed by atoms with Crippen LogP contribution in [0, 0.1) is 0 Å². The van der Waals surface area contributed by atoms with E-state index in [1.165, 1.54) is 16.6 Å². The van der Waals surface area contributed by atoms with E-state index in [2.05, 4.69) is 20.6 Å². The quantitative estimate of drug-likeness (QED) is 0.204. The number of nitrogens with one attached hydrogen (secondary N) is 2. The maximum absolute atomic E-state index is 12.6. The largest absolute Gasteiger partial charge is 0.490 e. The van der Waals surface area contributed by atoms with Gasteiger partial charge >= 0.3 is 12.1 Å². The molecular formula is C28H20ClF3N4O4S2. The number of amidine groups is 1. The molecule has 0 atom stereocenters. The van der Waals surface area contributed by atoms with Gasteiger partial charge in [0.05, 0.1) is 21.1 Å². The molecule has 0 aliphatic carbocycles. The van der Waals surface area contributed by atoms with Gasteiger partial charge in [-0.15, -0.1) is 11.3 Å². The summed E-state index contributed by atoms with van der Waals surface area (Å²) in [4.78, 5) is 44.1. The van der Waals surface area contributed by atoms with Gasteiger partial charge < -0.3 is 15.7 Å². The first-order valence-electron chi connectivity index (χ1n) is 12.0. The fourth-order valence-corrected chi connectivity index (χ4v) is 5.23. The summed E-state index contributed by atoms with van der Waals surface area (Å²) < 4.78 is 31.7. The lowest BCUT2D eigenvalue weighted by atomic mass is 10.1. The number of anilines is 1. The summed E-state index contributed by atoms with van der Waals surface area (Å²) in [6.45, 7) is 0.542. The molecule has 14 heteroatoms. The van der Waals surface area contributed by atoms with Crippen molar-refractivity contribution in [2.75, 3.05) is 11.9 Å². The van der Waals surface area contributed by atoms with Crippen LogP contribution in [0.3, 0.4) is 0 Å². The summed E-state index contributed by atoms with van der Waals surface area (Å²) in [7, 11) is 0. The number of thiophene rings is 1. The van der Waals surface area contributed by atoms with Gasteiger partial charge in [-0.2, -0.15) is 18.2 Å². The zero-order valence-electron chi connectivity index (χ0n) is 21.3. The topological polar surface area (TPSA) is 121 Å². The molecule has 1 aliphatic heterocycles. The van der Waals surface area contributed by atoms with Crippen molar-refractivity contribution in [3.8, 4) is 0 Å². The Morgan fingerprint density at radius 3 is 2.57 bits per heavy atom. The lowest BCUT2D eigenvalue weighted by Gasteiger charge is -2.10. The Balaban J connectivity index is 0.000000517. The van der Waals surface area contributed by atoms with E-state index < -0.39 is 12.1 Å². The van der Waals surface area contributed by atoms with Gasteiger partial charge in [-0.1, -0.05) is 29.8 Å². The smallest absolute Gasteiger partial charge is 0.475 e. The van der Waals surface area contributed by atoms with Gasteiger partial charge in [-0.05, 0) is 77.7 Å². The molecule has 3 N–H and O–H groups in total. The standard InChI is InChI=1S/C26H19ClN4O2S2.C2HF3O2/c27-20-7-6-18(24(32)29-11-9-19-4-2-12-34-19)15-22(20)30-26-31-25(33)23(35-26)14-16-5-8-21-17(13-16)3-1-10-28-21;3-2(4,5)1(6)7/h1-8,10,12-15H,9,11H2,(H,29,32)(H,30,31,33);(H,6,7)/b23-14-;. The lowest BCUT2D eigenvalue weighted by Crippen LogP contribution is -2.25. The number of alkyl halides is 3. The molecule has 2 aromatic heterocycles. The third-order valence-corrected chi connectivity index (χ3v) is 7.66. The van der Waals surface area contributed by atoms with Crippen LogP contribution in [-0.2, 0) is 16.0 Å². The number of benzene rings is 2. The van der Waals surface area contributed by atoms with Crippen molar-refractivity contribution in [3.63, 3.8) is 0 Å². The number of fused-ring (bicyclic) bond motifs is 1. The van der Waals surface area contributed by atoms with Gasteiger partial charge in [0, 0.05) is 28.6 Å². The molecule has 1 aliphatic rings. The summed E-state index contributed by atoms with van der Waals surface area (Å²) in [5.74, 6) is -3.28. The minimum Gasteiger partial charge on any atom is -0.475 e. The maximum atomic E-state index is 12.6. The first kappa shape index (κ1) is 30.8. The molecular weight excluding hydrogens is 613 g/mol. The highest BCUT2D eigenvalue weighted by molar-refractivity contribution is 8.18. The van der Waals surface area contributed by atoms with Crippen molar-refractivity contribution in [2.24, 2.45) is 4.99 Å².